The largest absolute Gasteiger partial charge is 0.426 e. The Balaban J connectivity index is 2.64. The quantitative estimate of drug-likeness (QED) is 0.145. The summed E-state index contributed by atoms with van der Waals surface area (Å²) in [5.41, 5.74) is 3.45. The molecule has 0 spiro atoms. The molecular formula is C31H48O2SSi. The molecule has 2 aromatic rings. The van der Waals surface area contributed by atoms with Crippen molar-refractivity contribution in [3.05, 3.63) is 53.6 Å². The van der Waals surface area contributed by atoms with Crippen LogP contribution in [-0.4, -0.2) is 19.4 Å². The smallest absolute Gasteiger partial charge is 0.311 e. The van der Waals surface area contributed by atoms with Crippen molar-refractivity contribution in [2.45, 2.75) is 116 Å². The molecule has 0 unspecified atom stereocenters. The van der Waals surface area contributed by atoms with Crippen LogP contribution in [0.2, 0.25) is 11.1 Å². The number of carbonyl (C=O) groups is 1. The summed E-state index contributed by atoms with van der Waals surface area (Å²) in [4.78, 5) is 13.8. The van der Waals surface area contributed by atoms with Gasteiger partial charge in [0.2, 0.25) is 0 Å². The summed E-state index contributed by atoms with van der Waals surface area (Å²) in [5, 5.41) is 2.68. The first-order chi connectivity index (χ1) is 16.1. The van der Waals surface area contributed by atoms with Crippen LogP contribution >= 0.6 is 11.8 Å². The summed E-state index contributed by atoms with van der Waals surface area (Å²) in [6.45, 7) is 25.1. The van der Waals surface area contributed by atoms with Gasteiger partial charge < -0.3 is 4.74 Å². The number of esters is 1. The van der Waals surface area contributed by atoms with E-state index in [1.54, 1.807) is 5.19 Å². The Morgan fingerprint density at radius 3 is 1.89 bits per heavy atom. The van der Waals surface area contributed by atoms with E-state index >= 15 is 0 Å². The van der Waals surface area contributed by atoms with E-state index in [0.717, 1.165) is 23.1 Å². The van der Waals surface area contributed by atoms with Gasteiger partial charge in [-0.15, -0.1) is 11.8 Å². The molecule has 2 nitrogen and oxygen atoms in total. The van der Waals surface area contributed by atoms with Crippen LogP contribution in [0.3, 0.4) is 0 Å². The predicted octanol–water partition coefficient (Wildman–Crippen LogP) is 8.79. The highest BCUT2D eigenvalue weighted by atomic mass is 32.2. The Kier molecular flexibility index (Phi) is 9.92. The summed E-state index contributed by atoms with van der Waals surface area (Å²) in [5.74, 6) is 0.581. The minimum Gasteiger partial charge on any atom is -0.426 e. The molecule has 0 aliphatic heterocycles. The van der Waals surface area contributed by atoms with Crippen LogP contribution in [0.15, 0.2) is 47.4 Å². The first-order valence-electron chi connectivity index (χ1n) is 13.2. The van der Waals surface area contributed by atoms with Crippen LogP contribution in [0.4, 0.5) is 0 Å². The van der Waals surface area contributed by atoms with E-state index in [0.29, 0.717) is 17.5 Å². The highest BCUT2D eigenvalue weighted by molar-refractivity contribution is 8.01. The molecule has 0 N–H and O–H groups in total. The number of carbonyl (C=O) groups excluding carboxylic acids is 1. The molecule has 0 saturated carbocycles. The fraction of sp³-hybridized carbons (Fsp3) is 0.581. The normalized spacial score (nSPS) is 12.9. The van der Waals surface area contributed by atoms with E-state index in [1.165, 1.54) is 10.5 Å². The molecule has 0 atom stereocenters. The zero-order valence-electron chi connectivity index (χ0n) is 24.0. The molecule has 35 heavy (non-hydrogen) atoms. The minimum absolute atomic E-state index is 0.0582. The highest BCUT2D eigenvalue weighted by Gasteiger charge is 2.42. The molecule has 0 amide bonds. The second-order valence-corrected chi connectivity index (χ2v) is 19.4. The van der Waals surface area contributed by atoms with Gasteiger partial charge in [0.05, 0.1) is 0 Å². The molecule has 194 valence electrons. The lowest BCUT2D eigenvalue weighted by Crippen LogP contribution is -2.55. The van der Waals surface area contributed by atoms with Gasteiger partial charge in [-0.25, -0.2) is 0 Å². The standard InChI is InChI=1S/C31H48O2SSi/c1-12-16-29(32)33-27-19-26(31(9,10)11)28(20-25(27)30(6,7)8)34-21-35(22(2)3,23(4)5)24-17-14-13-15-18-24/h13-15,17-20,22-23H,12,16,21H2,1-11H3. The Hall–Kier alpha value is -1.52. The molecule has 4 heteroatoms. The summed E-state index contributed by atoms with van der Waals surface area (Å²) < 4.78 is 5.95. The van der Waals surface area contributed by atoms with Crippen molar-refractivity contribution in [1.82, 2.24) is 0 Å². The predicted molar refractivity (Wildman–Crippen MR) is 157 cm³/mol. The van der Waals surface area contributed by atoms with Crippen molar-refractivity contribution >= 4 is 31.0 Å². The molecule has 0 fully saturated rings. The van der Waals surface area contributed by atoms with E-state index in [9.17, 15) is 4.79 Å². The van der Waals surface area contributed by atoms with E-state index in [-0.39, 0.29) is 16.8 Å². The molecule has 2 aromatic carbocycles. The van der Waals surface area contributed by atoms with E-state index in [4.69, 9.17) is 4.74 Å². The maximum absolute atomic E-state index is 12.5. The lowest BCUT2D eigenvalue weighted by atomic mass is 9.81. The SMILES string of the molecule is CCCC(=O)Oc1cc(C(C)(C)C)c(SC[Si](c2ccccc2)(C(C)C)C(C)C)cc1C(C)(C)C. The molecule has 0 heterocycles. The van der Waals surface area contributed by atoms with E-state index in [1.807, 2.05) is 18.7 Å². The zero-order valence-corrected chi connectivity index (χ0v) is 25.9. The van der Waals surface area contributed by atoms with Crippen LogP contribution < -0.4 is 9.92 Å². The number of hydrogen-bond donors (Lipinski definition) is 0. The zero-order chi connectivity index (χ0) is 26.6. The molecule has 2 rings (SSSR count). The summed E-state index contributed by atoms with van der Waals surface area (Å²) in [7, 11) is -1.83. The van der Waals surface area contributed by atoms with Crippen LogP contribution in [0.5, 0.6) is 5.75 Å². The summed E-state index contributed by atoms with van der Waals surface area (Å²) in [6.07, 6.45) is 1.24. The van der Waals surface area contributed by atoms with Crippen molar-refractivity contribution < 1.29 is 9.53 Å². The Bertz CT molecular complexity index is 974. The number of ether oxygens (including phenoxy) is 1. The van der Waals surface area contributed by atoms with E-state index in [2.05, 4.69) is 112 Å². The fourth-order valence-electron chi connectivity index (χ4n) is 5.01. The van der Waals surface area contributed by atoms with Gasteiger partial charge in [-0.3, -0.25) is 4.79 Å². The Labute approximate surface area is 220 Å². The minimum atomic E-state index is -1.83. The second-order valence-electron chi connectivity index (χ2n) is 12.6. The first kappa shape index (κ1) is 29.7. The monoisotopic (exact) mass is 512 g/mol. The second kappa shape index (κ2) is 11.7. The summed E-state index contributed by atoms with van der Waals surface area (Å²) >= 11 is 2.02. The van der Waals surface area contributed by atoms with Crippen molar-refractivity contribution in [3.63, 3.8) is 0 Å². The van der Waals surface area contributed by atoms with Gasteiger partial charge in [0, 0.05) is 16.9 Å². The molecule has 0 aliphatic carbocycles. The topological polar surface area (TPSA) is 26.3 Å². The van der Waals surface area contributed by atoms with E-state index < -0.39 is 8.07 Å². The van der Waals surface area contributed by atoms with Gasteiger partial charge in [0.25, 0.3) is 0 Å². The average Bonchev–Trinajstić information content (AvgIpc) is 2.73. The van der Waals surface area contributed by atoms with Crippen molar-refractivity contribution in [2.75, 3.05) is 5.38 Å². The van der Waals surface area contributed by atoms with Gasteiger partial charge in [-0.05, 0) is 51.4 Å². The molecule has 0 aromatic heterocycles. The van der Waals surface area contributed by atoms with Crippen molar-refractivity contribution in [1.29, 1.82) is 0 Å². The van der Waals surface area contributed by atoms with Crippen LogP contribution in [0.25, 0.3) is 0 Å². The maximum Gasteiger partial charge on any atom is 0.311 e. The molecule has 0 radical (unpaired) electrons. The van der Waals surface area contributed by atoms with Crippen molar-refractivity contribution in [3.8, 4) is 5.75 Å². The lowest BCUT2D eigenvalue weighted by molar-refractivity contribution is -0.134. The third-order valence-corrected chi connectivity index (χ3v) is 15.9. The van der Waals surface area contributed by atoms with Crippen molar-refractivity contribution in [2.24, 2.45) is 0 Å². The van der Waals surface area contributed by atoms with Gasteiger partial charge in [0.15, 0.2) is 0 Å². The molecular weight excluding hydrogens is 464 g/mol. The third kappa shape index (κ3) is 7.04. The molecule has 0 saturated heterocycles. The average molecular weight is 513 g/mol. The fourth-order valence-corrected chi connectivity index (χ4v) is 14.1. The Morgan fingerprint density at radius 2 is 1.43 bits per heavy atom. The first-order valence-corrected chi connectivity index (χ1v) is 16.6. The number of rotatable bonds is 9. The Morgan fingerprint density at radius 1 is 0.886 bits per heavy atom. The number of thioether (sulfide) groups is 1. The van der Waals surface area contributed by atoms with Crippen LogP contribution in [-0.2, 0) is 15.6 Å². The number of hydrogen-bond acceptors (Lipinski definition) is 3. The number of benzene rings is 2. The maximum atomic E-state index is 12.5. The molecule has 0 aliphatic rings. The van der Waals surface area contributed by atoms with Gasteiger partial charge in [-0.1, -0.05) is 112 Å². The van der Waals surface area contributed by atoms with Crippen LogP contribution in [0, 0.1) is 0 Å². The summed E-state index contributed by atoms with van der Waals surface area (Å²) in [6, 6.07) is 15.7. The van der Waals surface area contributed by atoms with Gasteiger partial charge in [0.1, 0.15) is 13.8 Å². The van der Waals surface area contributed by atoms with Gasteiger partial charge in [-0.2, -0.15) is 0 Å². The molecule has 0 bridgehead atoms. The third-order valence-electron chi connectivity index (χ3n) is 7.21. The van der Waals surface area contributed by atoms with Gasteiger partial charge >= 0.3 is 5.97 Å². The lowest BCUT2D eigenvalue weighted by Gasteiger charge is -2.40. The van der Waals surface area contributed by atoms with Crippen LogP contribution in [0.1, 0.15) is 100 Å². The highest BCUT2D eigenvalue weighted by Crippen LogP contribution is 2.44.